The van der Waals surface area contributed by atoms with Crippen LogP contribution in [-0.2, 0) is 28.5 Å². The summed E-state index contributed by atoms with van der Waals surface area (Å²) in [6.45, 7) is 4.46. The van der Waals surface area contributed by atoms with Crippen LogP contribution in [0.25, 0.3) is 0 Å². The van der Waals surface area contributed by atoms with E-state index in [9.17, 15) is 8.42 Å². The predicted molar refractivity (Wildman–Crippen MR) is 93.9 cm³/mol. The van der Waals surface area contributed by atoms with Gasteiger partial charge in [0, 0.05) is 19.8 Å². The van der Waals surface area contributed by atoms with E-state index in [-0.39, 0.29) is 17.8 Å². The Morgan fingerprint density at radius 2 is 1.76 bits per heavy atom. The van der Waals surface area contributed by atoms with Crippen molar-refractivity contribution in [1.29, 1.82) is 0 Å². The second-order valence-corrected chi connectivity index (χ2v) is 7.69. The van der Waals surface area contributed by atoms with Gasteiger partial charge in [0.05, 0.1) is 18.1 Å². The first-order chi connectivity index (χ1) is 12.1. The van der Waals surface area contributed by atoms with Crippen molar-refractivity contribution in [3.05, 3.63) is 29.8 Å². The van der Waals surface area contributed by atoms with Crippen LogP contribution in [0.1, 0.15) is 37.7 Å². The lowest BCUT2D eigenvalue weighted by atomic mass is 10.2. The van der Waals surface area contributed by atoms with Crippen LogP contribution in [0.2, 0.25) is 0 Å². The van der Waals surface area contributed by atoms with Crippen LogP contribution in [0.3, 0.4) is 0 Å². The number of benzene rings is 1. The molecule has 1 fully saturated rings. The summed E-state index contributed by atoms with van der Waals surface area (Å²) in [5, 5.41) is 0. The number of rotatable bonds is 11. The smallest absolute Gasteiger partial charge is 0.296 e. The zero-order chi connectivity index (χ0) is 18.0. The zero-order valence-corrected chi connectivity index (χ0v) is 15.6. The molecule has 25 heavy (non-hydrogen) atoms. The Labute approximate surface area is 150 Å². The molecule has 1 aliphatic rings. The third kappa shape index (κ3) is 7.83. The Balaban J connectivity index is 1.48. The fourth-order valence-electron chi connectivity index (χ4n) is 2.42. The maximum atomic E-state index is 12.0. The Morgan fingerprint density at radius 3 is 2.44 bits per heavy atom. The molecule has 1 atom stereocenters. The van der Waals surface area contributed by atoms with Crippen LogP contribution >= 0.6 is 0 Å². The number of aryl methyl sites for hydroxylation is 1. The molecule has 1 saturated heterocycles. The minimum Gasteiger partial charge on any atom is -0.381 e. The van der Waals surface area contributed by atoms with Crippen LogP contribution in [0.5, 0.6) is 0 Å². The van der Waals surface area contributed by atoms with Gasteiger partial charge in [-0.1, -0.05) is 17.7 Å². The Morgan fingerprint density at radius 1 is 1.04 bits per heavy atom. The predicted octanol–water partition coefficient (Wildman–Crippen LogP) is 3.04. The summed E-state index contributed by atoms with van der Waals surface area (Å²) in [6, 6.07) is 6.61. The molecule has 1 aromatic rings. The molecule has 6 nitrogen and oxygen atoms in total. The molecule has 0 N–H and O–H groups in total. The first-order valence-corrected chi connectivity index (χ1v) is 10.3. The van der Waals surface area contributed by atoms with E-state index >= 15 is 0 Å². The molecule has 0 radical (unpaired) electrons. The van der Waals surface area contributed by atoms with Crippen molar-refractivity contribution in [2.24, 2.45) is 0 Å². The van der Waals surface area contributed by atoms with Crippen LogP contribution in [0.15, 0.2) is 29.2 Å². The molecule has 7 heteroatoms. The van der Waals surface area contributed by atoms with Crippen LogP contribution in [0, 0.1) is 6.92 Å². The molecule has 2 rings (SSSR count). The highest BCUT2D eigenvalue weighted by Gasteiger charge is 2.14. The topological polar surface area (TPSA) is 71.1 Å². The highest BCUT2D eigenvalue weighted by molar-refractivity contribution is 7.86. The van der Waals surface area contributed by atoms with Crippen molar-refractivity contribution >= 4 is 10.1 Å². The normalized spacial score (nSPS) is 18.4. The first kappa shape index (κ1) is 20.3. The molecule has 0 aliphatic carbocycles. The van der Waals surface area contributed by atoms with E-state index in [0.29, 0.717) is 26.2 Å². The summed E-state index contributed by atoms with van der Waals surface area (Å²) in [6.07, 6.45) is 4.50. The molecular formula is C18H28O6S. The van der Waals surface area contributed by atoms with Gasteiger partial charge < -0.3 is 14.2 Å². The van der Waals surface area contributed by atoms with E-state index in [2.05, 4.69) is 0 Å². The standard InChI is InChI=1S/C18H28O6S/c1-16-7-9-17(10-8-16)25(19,20)24-15-5-12-21-11-4-14-23-18-6-2-3-13-22-18/h7-10,18H,2-6,11-15H2,1H3. The molecule has 0 aromatic heterocycles. The van der Waals surface area contributed by atoms with Gasteiger partial charge in [-0.3, -0.25) is 4.18 Å². The molecule has 0 amide bonds. The van der Waals surface area contributed by atoms with E-state index in [1.807, 2.05) is 6.92 Å². The van der Waals surface area contributed by atoms with Crippen molar-refractivity contribution in [2.45, 2.75) is 50.2 Å². The largest absolute Gasteiger partial charge is 0.381 e. The van der Waals surface area contributed by atoms with Crippen molar-refractivity contribution in [1.82, 2.24) is 0 Å². The second-order valence-electron chi connectivity index (χ2n) is 6.08. The van der Waals surface area contributed by atoms with Crippen molar-refractivity contribution < 1.29 is 26.8 Å². The van der Waals surface area contributed by atoms with Crippen LogP contribution in [-0.4, -0.2) is 47.7 Å². The van der Waals surface area contributed by atoms with Crippen LogP contribution in [0.4, 0.5) is 0 Å². The first-order valence-electron chi connectivity index (χ1n) is 8.85. The summed E-state index contributed by atoms with van der Waals surface area (Å²) in [5.41, 5.74) is 1.01. The average Bonchev–Trinajstić information content (AvgIpc) is 2.61. The average molecular weight is 372 g/mol. The van der Waals surface area contributed by atoms with Crippen molar-refractivity contribution in [2.75, 3.05) is 33.0 Å². The molecular weight excluding hydrogens is 344 g/mol. The molecule has 0 saturated carbocycles. The lowest BCUT2D eigenvalue weighted by Crippen LogP contribution is -2.23. The third-order valence-corrected chi connectivity index (χ3v) is 5.18. The fraction of sp³-hybridized carbons (Fsp3) is 0.667. The van der Waals surface area contributed by atoms with E-state index in [4.69, 9.17) is 18.4 Å². The fourth-order valence-corrected chi connectivity index (χ4v) is 3.37. The highest BCUT2D eigenvalue weighted by Crippen LogP contribution is 2.14. The lowest BCUT2D eigenvalue weighted by molar-refractivity contribution is -0.164. The molecule has 1 aromatic carbocycles. The molecule has 1 unspecified atom stereocenters. The van der Waals surface area contributed by atoms with Crippen molar-refractivity contribution in [3.8, 4) is 0 Å². The highest BCUT2D eigenvalue weighted by atomic mass is 32.2. The lowest BCUT2D eigenvalue weighted by Gasteiger charge is -2.22. The summed E-state index contributed by atoms with van der Waals surface area (Å²) < 4.78 is 45.5. The Bertz CT molecular complexity index is 578. The molecule has 1 aliphatic heterocycles. The van der Waals surface area contributed by atoms with Gasteiger partial charge in [0.25, 0.3) is 10.1 Å². The maximum absolute atomic E-state index is 12.0. The quantitative estimate of drug-likeness (QED) is 0.439. The van der Waals surface area contributed by atoms with Gasteiger partial charge in [0.2, 0.25) is 0 Å². The van der Waals surface area contributed by atoms with Gasteiger partial charge in [-0.2, -0.15) is 8.42 Å². The van der Waals surface area contributed by atoms with Gasteiger partial charge in [0.1, 0.15) is 0 Å². The molecule has 142 valence electrons. The Hall–Kier alpha value is -0.990. The van der Waals surface area contributed by atoms with E-state index < -0.39 is 10.1 Å². The number of hydrogen-bond acceptors (Lipinski definition) is 6. The van der Waals surface area contributed by atoms with Gasteiger partial charge in [0.15, 0.2) is 6.29 Å². The Kier molecular flexibility index (Phi) is 8.84. The molecule has 0 bridgehead atoms. The van der Waals surface area contributed by atoms with Gasteiger partial charge >= 0.3 is 0 Å². The SMILES string of the molecule is Cc1ccc(S(=O)(=O)OCCCOCCCOC2CCCCO2)cc1. The number of ether oxygens (including phenoxy) is 3. The summed E-state index contributed by atoms with van der Waals surface area (Å²) >= 11 is 0. The van der Waals surface area contributed by atoms with E-state index in [1.54, 1.807) is 24.3 Å². The van der Waals surface area contributed by atoms with Gasteiger partial charge in [-0.15, -0.1) is 0 Å². The van der Waals surface area contributed by atoms with Gasteiger partial charge in [-0.25, -0.2) is 0 Å². The van der Waals surface area contributed by atoms with Crippen molar-refractivity contribution in [3.63, 3.8) is 0 Å². The maximum Gasteiger partial charge on any atom is 0.296 e. The second kappa shape index (κ2) is 10.9. The number of hydrogen-bond donors (Lipinski definition) is 0. The molecule has 1 heterocycles. The summed E-state index contributed by atoms with van der Waals surface area (Å²) in [7, 11) is -3.68. The van der Waals surface area contributed by atoms with E-state index in [0.717, 1.165) is 37.9 Å². The van der Waals surface area contributed by atoms with Crippen LogP contribution < -0.4 is 0 Å². The summed E-state index contributed by atoms with van der Waals surface area (Å²) in [4.78, 5) is 0.182. The minimum absolute atomic E-state index is 0.0610. The van der Waals surface area contributed by atoms with Gasteiger partial charge in [-0.05, 0) is 51.2 Å². The zero-order valence-electron chi connectivity index (χ0n) is 14.8. The molecule has 0 spiro atoms. The monoisotopic (exact) mass is 372 g/mol. The third-order valence-electron chi connectivity index (χ3n) is 3.86. The summed E-state index contributed by atoms with van der Waals surface area (Å²) in [5.74, 6) is 0. The minimum atomic E-state index is -3.68. The van der Waals surface area contributed by atoms with E-state index in [1.165, 1.54) is 0 Å².